The van der Waals surface area contributed by atoms with E-state index in [2.05, 4.69) is 10.6 Å². The predicted molar refractivity (Wildman–Crippen MR) is 70.5 cm³/mol. The predicted octanol–water partition coefficient (Wildman–Crippen LogP) is 3.40. The van der Waals surface area contributed by atoms with Gasteiger partial charge < -0.3 is 10.6 Å². The highest BCUT2D eigenvalue weighted by molar-refractivity contribution is 6.36. The van der Waals surface area contributed by atoms with E-state index in [-0.39, 0.29) is 0 Å². The number of halogens is 2. The van der Waals surface area contributed by atoms with Crippen LogP contribution in [0.5, 0.6) is 0 Å². The van der Waals surface area contributed by atoms with Gasteiger partial charge in [0.15, 0.2) is 0 Å². The van der Waals surface area contributed by atoms with E-state index in [4.69, 9.17) is 23.2 Å². The van der Waals surface area contributed by atoms with Crippen molar-refractivity contribution in [3.63, 3.8) is 0 Å². The lowest BCUT2D eigenvalue weighted by Gasteiger charge is -2.23. The van der Waals surface area contributed by atoms with Gasteiger partial charge in [0.1, 0.15) is 0 Å². The van der Waals surface area contributed by atoms with Crippen molar-refractivity contribution in [3.8, 4) is 0 Å². The Balaban J connectivity index is 1.88. The molecule has 88 valence electrons. The Morgan fingerprint density at radius 1 is 1.38 bits per heavy atom. The third-order valence-corrected chi connectivity index (χ3v) is 3.46. The van der Waals surface area contributed by atoms with Crippen molar-refractivity contribution in [2.24, 2.45) is 5.92 Å². The summed E-state index contributed by atoms with van der Waals surface area (Å²) >= 11 is 11.9. The number of anilines is 1. The van der Waals surface area contributed by atoms with Crippen molar-refractivity contribution in [2.75, 3.05) is 25.0 Å². The van der Waals surface area contributed by atoms with Crippen LogP contribution in [0.25, 0.3) is 0 Å². The summed E-state index contributed by atoms with van der Waals surface area (Å²) in [5, 5.41) is 8.15. The van der Waals surface area contributed by atoms with E-state index in [1.807, 2.05) is 12.1 Å². The van der Waals surface area contributed by atoms with Crippen LogP contribution in [0, 0.1) is 5.92 Å². The Kier molecular flexibility index (Phi) is 4.33. The number of rotatable bonds is 3. The zero-order valence-corrected chi connectivity index (χ0v) is 10.6. The van der Waals surface area contributed by atoms with Crippen molar-refractivity contribution >= 4 is 28.9 Å². The largest absolute Gasteiger partial charge is 0.384 e. The first kappa shape index (κ1) is 12.0. The molecule has 2 rings (SSSR count). The van der Waals surface area contributed by atoms with Crippen LogP contribution in [0.4, 0.5) is 5.69 Å². The summed E-state index contributed by atoms with van der Waals surface area (Å²) in [6.45, 7) is 3.21. The molecule has 1 heterocycles. The van der Waals surface area contributed by atoms with Gasteiger partial charge in [-0.15, -0.1) is 0 Å². The minimum atomic E-state index is 0.676. The van der Waals surface area contributed by atoms with Gasteiger partial charge in [0, 0.05) is 11.6 Å². The van der Waals surface area contributed by atoms with Crippen LogP contribution < -0.4 is 10.6 Å². The fraction of sp³-hybridized carbons (Fsp3) is 0.500. The molecule has 0 radical (unpaired) electrons. The van der Waals surface area contributed by atoms with Gasteiger partial charge in [-0.05, 0) is 50.0 Å². The summed E-state index contributed by atoms with van der Waals surface area (Å²) in [4.78, 5) is 0. The second-order valence-electron chi connectivity index (χ2n) is 4.22. The summed E-state index contributed by atoms with van der Waals surface area (Å²) in [7, 11) is 0. The van der Waals surface area contributed by atoms with Gasteiger partial charge in [0.05, 0.1) is 10.7 Å². The topological polar surface area (TPSA) is 24.1 Å². The first-order valence-electron chi connectivity index (χ1n) is 5.65. The average Bonchev–Trinajstić information content (AvgIpc) is 2.29. The lowest BCUT2D eigenvalue weighted by molar-refractivity contribution is 0.393. The van der Waals surface area contributed by atoms with Crippen molar-refractivity contribution in [1.29, 1.82) is 0 Å². The maximum Gasteiger partial charge on any atom is 0.0652 e. The van der Waals surface area contributed by atoms with Gasteiger partial charge in [0.25, 0.3) is 0 Å². The zero-order chi connectivity index (χ0) is 11.4. The molecule has 1 atom stereocenters. The molecular formula is C12H16Cl2N2. The number of piperidine rings is 1. The molecule has 0 amide bonds. The Morgan fingerprint density at radius 2 is 2.25 bits per heavy atom. The fourth-order valence-corrected chi connectivity index (χ4v) is 2.46. The Bertz CT molecular complexity index is 349. The van der Waals surface area contributed by atoms with Gasteiger partial charge in [-0.25, -0.2) is 0 Å². The minimum Gasteiger partial charge on any atom is -0.384 e. The SMILES string of the molecule is Clc1ccc(NCC2CCCNC2)c(Cl)c1. The van der Waals surface area contributed by atoms with E-state index in [0.717, 1.165) is 25.3 Å². The van der Waals surface area contributed by atoms with Gasteiger partial charge >= 0.3 is 0 Å². The van der Waals surface area contributed by atoms with Gasteiger partial charge in [-0.1, -0.05) is 23.2 Å². The Morgan fingerprint density at radius 3 is 2.94 bits per heavy atom. The van der Waals surface area contributed by atoms with E-state index < -0.39 is 0 Å². The average molecular weight is 259 g/mol. The third kappa shape index (κ3) is 3.27. The molecule has 1 aliphatic heterocycles. The summed E-state index contributed by atoms with van der Waals surface area (Å²) in [5.41, 5.74) is 0.969. The second kappa shape index (κ2) is 5.76. The molecule has 0 spiro atoms. The number of hydrogen-bond donors (Lipinski definition) is 2. The number of benzene rings is 1. The molecule has 1 aromatic rings. The lowest BCUT2D eigenvalue weighted by Crippen LogP contribution is -2.33. The van der Waals surface area contributed by atoms with E-state index >= 15 is 0 Å². The molecule has 16 heavy (non-hydrogen) atoms. The first-order valence-corrected chi connectivity index (χ1v) is 6.41. The van der Waals surface area contributed by atoms with Crippen molar-refractivity contribution in [3.05, 3.63) is 28.2 Å². The monoisotopic (exact) mass is 258 g/mol. The molecule has 2 nitrogen and oxygen atoms in total. The summed E-state index contributed by atoms with van der Waals surface area (Å²) in [6, 6.07) is 5.56. The molecule has 0 saturated carbocycles. The van der Waals surface area contributed by atoms with E-state index in [9.17, 15) is 0 Å². The van der Waals surface area contributed by atoms with Crippen LogP contribution in [-0.2, 0) is 0 Å². The molecular weight excluding hydrogens is 243 g/mol. The van der Waals surface area contributed by atoms with Gasteiger partial charge in [-0.2, -0.15) is 0 Å². The second-order valence-corrected chi connectivity index (χ2v) is 5.06. The molecule has 1 aromatic carbocycles. The van der Waals surface area contributed by atoms with Crippen LogP contribution in [0.3, 0.4) is 0 Å². The maximum atomic E-state index is 6.08. The molecule has 1 fully saturated rings. The maximum absolute atomic E-state index is 6.08. The molecule has 0 bridgehead atoms. The summed E-state index contributed by atoms with van der Waals surface area (Å²) < 4.78 is 0. The summed E-state index contributed by atoms with van der Waals surface area (Å²) in [5.74, 6) is 0.695. The molecule has 4 heteroatoms. The number of hydrogen-bond acceptors (Lipinski definition) is 2. The standard InChI is InChI=1S/C12H16Cl2N2/c13-10-3-4-12(11(14)6-10)16-8-9-2-1-5-15-7-9/h3-4,6,9,15-16H,1-2,5,7-8H2. The highest BCUT2D eigenvalue weighted by Crippen LogP contribution is 2.25. The molecule has 0 aromatic heterocycles. The van der Waals surface area contributed by atoms with Crippen molar-refractivity contribution < 1.29 is 0 Å². The van der Waals surface area contributed by atoms with Crippen molar-refractivity contribution in [1.82, 2.24) is 5.32 Å². The van der Waals surface area contributed by atoms with E-state index in [0.29, 0.717) is 16.0 Å². The summed E-state index contributed by atoms with van der Waals surface area (Å²) in [6.07, 6.45) is 2.55. The highest BCUT2D eigenvalue weighted by Gasteiger charge is 2.12. The third-order valence-electron chi connectivity index (χ3n) is 2.91. The first-order chi connectivity index (χ1) is 7.75. The van der Waals surface area contributed by atoms with Gasteiger partial charge in [0.2, 0.25) is 0 Å². The zero-order valence-electron chi connectivity index (χ0n) is 9.10. The Labute approximate surface area is 106 Å². The van der Waals surface area contributed by atoms with Crippen molar-refractivity contribution in [2.45, 2.75) is 12.8 Å². The molecule has 2 N–H and O–H groups in total. The highest BCUT2D eigenvalue weighted by atomic mass is 35.5. The normalized spacial score (nSPS) is 20.8. The molecule has 1 unspecified atom stereocenters. The molecule has 1 aliphatic rings. The fourth-order valence-electron chi connectivity index (χ4n) is 1.99. The smallest absolute Gasteiger partial charge is 0.0652 e. The quantitative estimate of drug-likeness (QED) is 0.869. The van der Waals surface area contributed by atoms with E-state index in [1.54, 1.807) is 6.07 Å². The minimum absolute atomic E-state index is 0.676. The van der Waals surface area contributed by atoms with Crippen LogP contribution in [0.1, 0.15) is 12.8 Å². The molecule has 0 aliphatic carbocycles. The van der Waals surface area contributed by atoms with Crippen LogP contribution in [0.2, 0.25) is 10.0 Å². The number of nitrogens with one attached hydrogen (secondary N) is 2. The van der Waals surface area contributed by atoms with Crippen LogP contribution in [-0.4, -0.2) is 19.6 Å². The van der Waals surface area contributed by atoms with Crippen LogP contribution in [0.15, 0.2) is 18.2 Å². The lowest BCUT2D eigenvalue weighted by atomic mass is 10.00. The van der Waals surface area contributed by atoms with Gasteiger partial charge in [-0.3, -0.25) is 0 Å². The Hall–Kier alpha value is -0.440. The van der Waals surface area contributed by atoms with Crippen LogP contribution >= 0.6 is 23.2 Å². The molecule has 1 saturated heterocycles. The van der Waals surface area contributed by atoms with E-state index in [1.165, 1.54) is 12.8 Å².